The van der Waals surface area contributed by atoms with E-state index in [-0.39, 0.29) is 5.91 Å². The molecule has 0 saturated carbocycles. The van der Waals surface area contributed by atoms with Gasteiger partial charge in [-0.3, -0.25) is 14.2 Å². The van der Waals surface area contributed by atoms with Gasteiger partial charge in [-0.1, -0.05) is 82.3 Å². The summed E-state index contributed by atoms with van der Waals surface area (Å²) in [5.74, 6) is 1.25. The number of carbonyl (C=O) groups is 1. The smallest absolute Gasteiger partial charge is 0.296 e. The lowest BCUT2D eigenvalue weighted by Gasteiger charge is -2.28. The number of rotatable bonds is 3. The maximum absolute atomic E-state index is 11.8. The quantitative estimate of drug-likeness (QED) is 0.278. The molecular formula is C31H38N8O3. The lowest BCUT2D eigenvalue weighted by atomic mass is 10.0. The first-order chi connectivity index (χ1) is 20.7. The summed E-state index contributed by atoms with van der Waals surface area (Å²) in [4.78, 5) is 23.0. The van der Waals surface area contributed by atoms with Gasteiger partial charge in [0.2, 0.25) is 0 Å². The predicted molar refractivity (Wildman–Crippen MR) is 166 cm³/mol. The highest BCUT2D eigenvalue weighted by Gasteiger charge is 2.25. The summed E-state index contributed by atoms with van der Waals surface area (Å²) in [5.41, 5.74) is 10.7. The van der Waals surface area contributed by atoms with E-state index in [2.05, 4.69) is 35.0 Å². The zero-order chi connectivity index (χ0) is 29.9. The third kappa shape index (κ3) is 6.59. The van der Waals surface area contributed by atoms with E-state index in [1.54, 1.807) is 0 Å². The Morgan fingerprint density at radius 1 is 0.905 bits per heavy atom. The number of carbonyl (C=O) groups excluding carboxylic acids is 1. The minimum Gasteiger partial charge on any atom is -0.378 e. The molecule has 0 bridgehead atoms. The highest BCUT2D eigenvalue weighted by molar-refractivity contribution is 6.19. The number of aromatic amines is 1. The van der Waals surface area contributed by atoms with E-state index in [4.69, 9.17) is 15.0 Å². The molecule has 7 rings (SSSR count). The van der Waals surface area contributed by atoms with Crippen LogP contribution in [0.3, 0.4) is 0 Å². The van der Waals surface area contributed by atoms with Gasteiger partial charge in [-0.25, -0.2) is 4.98 Å². The molecule has 220 valence electrons. The zero-order valence-corrected chi connectivity index (χ0v) is 24.4. The van der Waals surface area contributed by atoms with Crippen molar-refractivity contribution >= 4 is 28.8 Å². The number of fused-ring (bicyclic) bond motifs is 2. The number of para-hydroxylation sites is 1. The van der Waals surface area contributed by atoms with Gasteiger partial charge in [0.05, 0.1) is 24.6 Å². The number of nitrogens with two attached hydrogens (primary N) is 1. The second kappa shape index (κ2) is 14.8. The van der Waals surface area contributed by atoms with Crippen LogP contribution in [0.1, 0.15) is 38.8 Å². The number of imidazole rings is 1. The minimum absolute atomic E-state index is 0.293. The average Bonchev–Trinajstić information content (AvgIpc) is 3.35. The molecule has 5 heterocycles. The second-order valence-electron chi connectivity index (χ2n) is 8.75. The molecule has 1 unspecified atom stereocenters. The summed E-state index contributed by atoms with van der Waals surface area (Å²) in [6.07, 6.45) is 1.12. The predicted octanol–water partition coefficient (Wildman–Crippen LogP) is 4.97. The summed E-state index contributed by atoms with van der Waals surface area (Å²) in [6, 6.07) is 23.2. The van der Waals surface area contributed by atoms with E-state index in [0.717, 1.165) is 66.0 Å². The maximum Gasteiger partial charge on any atom is 0.296 e. The lowest BCUT2D eigenvalue weighted by molar-refractivity contribution is -0.117. The Balaban J connectivity index is 0.000000173. The number of morpholine rings is 1. The van der Waals surface area contributed by atoms with Gasteiger partial charge in [0, 0.05) is 30.4 Å². The number of nitrogens with zero attached hydrogens (tertiary/aromatic N) is 5. The van der Waals surface area contributed by atoms with Crippen molar-refractivity contribution in [3.8, 4) is 11.6 Å². The van der Waals surface area contributed by atoms with E-state index in [9.17, 15) is 4.79 Å². The molecule has 0 aliphatic carbocycles. The van der Waals surface area contributed by atoms with Crippen LogP contribution in [0.25, 0.3) is 17.2 Å². The van der Waals surface area contributed by atoms with Gasteiger partial charge in [-0.2, -0.15) is 0 Å². The van der Waals surface area contributed by atoms with Crippen molar-refractivity contribution in [1.29, 1.82) is 0 Å². The first-order valence-electron chi connectivity index (χ1n) is 14.3. The number of hydrogen-bond donors (Lipinski definition) is 3. The van der Waals surface area contributed by atoms with Gasteiger partial charge in [0.15, 0.2) is 11.9 Å². The van der Waals surface area contributed by atoms with E-state index in [1.165, 1.54) is 0 Å². The molecule has 5 aromatic rings. The molecule has 0 spiro atoms. The Morgan fingerprint density at radius 3 is 2.26 bits per heavy atom. The van der Waals surface area contributed by atoms with Gasteiger partial charge in [0.25, 0.3) is 11.8 Å². The third-order valence-corrected chi connectivity index (χ3v) is 6.33. The SMILES string of the molecule is CC.CC.NC1N=C(c2ccccc2)c2ccccc2NC1=O.c1ccn2c(N3CCOCC3)c(-c3n[nH]o3)nc2c1. The highest BCUT2D eigenvalue weighted by atomic mass is 16.5. The zero-order valence-electron chi connectivity index (χ0n) is 24.4. The van der Waals surface area contributed by atoms with Crippen molar-refractivity contribution in [2.45, 2.75) is 33.9 Å². The van der Waals surface area contributed by atoms with E-state index < -0.39 is 6.17 Å². The summed E-state index contributed by atoms with van der Waals surface area (Å²) >= 11 is 0. The van der Waals surface area contributed by atoms with Crippen molar-refractivity contribution in [2.24, 2.45) is 10.7 Å². The molecule has 3 aromatic heterocycles. The molecular weight excluding hydrogens is 532 g/mol. The standard InChI is InChI=1S/C15H13N3O.C12H13N5O2.2C2H6/c16-14-15(19)17-12-9-5-4-8-11(12)13(18-14)10-6-2-1-3-7-10;1-2-4-17-9(3-1)13-10(11-14-15-19-11)12(17)16-5-7-18-8-6-16;2*1-2/h1-9,14H,16H2,(H,17,19);1-4,15H,5-8H2;2*1-2H3. The van der Waals surface area contributed by atoms with Gasteiger partial charge in [-0.05, 0) is 18.2 Å². The van der Waals surface area contributed by atoms with Crippen LogP contribution in [0.15, 0.2) is 88.5 Å². The number of hydrogen-bond acceptors (Lipinski definition) is 8. The minimum atomic E-state index is -0.886. The van der Waals surface area contributed by atoms with Crippen LogP contribution in [0.2, 0.25) is 0 Å². The van der Waals surface area contributed by atoms with Crippen LogP contribution in [-0.4, -0.2) is 63.8 Å². The second-order valence-corrected chi connectivity index (χ2v) is 8.75. The number of aliphatic imine (C=N–C) groups is 1. The van der Waals surface area contributed by atoms with Crippen molar-refractivity contribution in [1.82, 2.24) is 19.8 Å². The maximum atomic E-state index is 11.8. The van der Waals surface area contributed by atoms with Crippen molar-refractivity contribution < 1.29 is 14.1 Å². The number of anilines is 2. The number of aromatic nitrogens is 4. The number of nitrogens with one attached hydrogen (secondary N) is 2. The molecule has 1 saturated heterocycles. The van der Waals surface area contributed by atoms with E-state index >= 15 is 0 Å². The third-order valence-electron chi connectivity index (χ3n) is 6.33. The Labute approximate surface area is 245 Å². The molecule has 2 aliphatic rings. The summed E-state index contributed by atoms with van der Waals surface area (Å²) in [7, 11) is 0. The first-order valence-corrected chi connectivity index (χ1v) is 14.3. The summed E-state index contributed by atoms with van der Waals surface area (Å²) < 4.78 is 12.6. The molecule has 11 nitrogen and oxygen atoms in total. The van der Waals surface area contributed by atoms with Crippen LogP contribution < -0.4 is 16.0 Å². The topological polar surface area (TPSA) is 139 Å². The first kappa shape index (κ1) is 30.2. The Morgan fingerprint density at radius 2 is 1.57 bits per heavy atom. The van der Waals surface area contributed by atoms with Crippen LogP contribution in [0.5, 0.6) is 0 Å². The normalized spacial score (nSPS) is 15.8. The number of ether oxygens (including phenoxy) is 1. The van der Waals surface area contributed by atoms with Crippen molar-refractivity contribution in [3.05, 3.63) is 90.1 Å². The number of benzene rings is 2. The molecule has 4 N–H and O–H groups in total. The highest BCUT2D eigenvalue weighted by Crippen LogP contribution is 2.31. The van der Waals surface area contributed by atoms with Crippen LogP contribution in [0, 0.1) is 0 Å². The summed E-state index contributed by atoms with van der Waals surface area (Å²) in [6.45, 7) is 11.1. The van der Waals surface area contributed by atoms with Gasteiger partial charge >= 0.3 is 0 Å². The van der Waals surface area contributed by atoms with Gasteiger partial charge in [-0.15, -0.1) is 10.4 Å². The number of H-pyrrole nitrogens is 1. The van der Waals surface area contributed by atoms with Crippen LogP contribution >= 0.6 is 0 Å². The molecule has 0 radical (unpaired) electrons. The summed E-state index contributed by atoms with van der Waals surface area (Å²) in [5, 5.41) is 9.22. The van der Waals surface area contributed by atoms with Crippen LogP contribution in [0.4, 0.5) is 11.5 Å². The number of pyridine rings is 1. The van der Waals surface area contributed by atoms with Gasteiger partial charge in [0.1, 0.15) is 11.5 Å². The van der Waals surface area contributed by atoms with Crippen molar-refractivity contribution in [2.75, 3.05) is 36.5 Å². The lowest BCUT2D eigenvalue weighted by Crippen LogP contribution is -2.37. The van der Waals surface area contributed by atoms with Crippen molar-refractivity contribution in [3.63, 3.8) is 0 Å². The fraction of sp³-hybridized carbons (Fsp3) is 0.290. The van der Waals surface area contributed by atoms with E-state index in [1.807, 2.05) is 107 Å². The van der Waals surface area contributed by atoms with E-state index in [0.29, 0.717) is 5.89 Å². The number of benzodiazepines with no additional fused rings is 1. The fourth-order valence-electron chi connectivity index (χ4n) is 4.49. The Bertz CT molecular complexity index is 1570. The monoisotopic (exact) mass is 570 g/mol. The molecule has 1 amide bonds. The van der Waals surface area contributed by atoms with Gasteiger partial charge < -0.3 is 25.2 Å². The molecule has 2 aliphatic heterocycles. The van der Waals surface area contributed by atoms with Crippen LogP contribution in [-0.2, 0) is 9.53 Å². The molecule has 11 heteroatoms. The molecule has 2 aromatic carbocycles. The Hall–Kier alpha value is -4.74. The fourth-order valence-corrected chi connectivity index (χ4v) is 4.49. The number of amides is 1. The largest absolute Gasteiger partial charge is 0.378 e. The molecule has 1 fully saturated rings. The molecule has 42 heavy (non-hydrogen) atoms. The average molecular weight is 571 g/mol. The Kier molecular flexibility index (Phi) is 10.6. The molecule has 1 atom stereocenters.